The number of rotatable bonds is 5. The van der Waals surface area contributed by atoms with Gasteiger partial charge in [-0.05, 0) is 42.3 Å². The fraction of sp³-hybridized carbons (Fsp3) is 0.250. The van der Waals surface area contributed by atoms with Gasteiger partial charge in [-0.2, -0.15) is 0 Å². The molecule has 0 atom stereocenters. The zero-order valence-electron chi connectivity index (χ0n) is 10.8. The third kappa shape index (κ3) is 3.71. The van der Waals surface area contributed by atoms with Crippen LogP contribution < -0.4 is 4.74 Å². The highest BCUT2D eigenvalue weighted by Gasteiger charge is 2.06. The van der Waals surface area contributed by atoms with Crippen LogP contribution in [-0.2, 0) is 12.3 Å². The van der Waals surface area contributed by atoms with Crippen LogP contribution in [0, 0.1) is 5.82 Å². The highest BCUT2D eigenvalue weighted by molar-refractivity contribution is 6.17. The minimum absolute atomic E-state index is 0.223. The van der Waals surface area contributed by atoms with E-state index < -0.39 is 0 Å². The first-order chi connectivity index (χ1) is 9.22. The first-order valence-electron chi connectivity index (χ1n) is 6.34. The van der Waals surface area contributed by atoms with Crippen molar-refractivity contribution in [3.8, 4) is 11.5 Å². The first-order valence-corrected chi connectivity index (χ1v) is 6.87. The summed E-state index contributed by atoms with van der Waals surface area (Å²) >= 11 is 5.79. The van der Waals surface area contributed by atoms with Crippen molar-refractivity contribution in [1.29, 1.82) is 0 Å². The van der Waals surface area contributed by atoms with Gasteiger partial charge in [-0.25, -0.2) is 4.39 Å². The van der Waals surface area contributed by atoms with E-state index in [4.69, 9.17) is 16.3 Å². The van der Waals surface area contributed by atoms with E-state index in [9.17, 15) is 4.39 Å². The van der Waals surface area contributed by atoms with E-state index in [0.717, 1.165) is 18.6 Å². The Kier molecular flexibility index (Phi) is 4.80. The van der Waals surface area contributed by atoms with E-state index in [1.54, 1.807) is 6.07 Å². The molecule has 0 amide bonds. The Morgan fingerprint density at radius 1 is 1.11 bits per heavy atom. The molecule has 0 heterocycles. The minimum atomic E-state index is -0.304. The molecular weight excluding hydrogens is 263 g/mol. The normalized spacial score (nSPS) is 10.5. The zero-order valence-corrected chi connectivity index (χ0v) is 11.6. The average molecular weight is 279 g/mol. The summed E-state index contributed by atoms with van der Waals surface area (Å²) in [5.74, 6) is 1.25. The number of hydrogen-bond acceptors (Lipinski definition) is 1. The van der Waals surface area contributed by atoms with E-state index in [-0.39, 0.29) is 11.7 Å². The summed E-state index contributed by atoms with van der Waals surface area (Å²) in [5.41, 5.74) is 1.94. The van der Waals surface area contributed by atoms with Gasteiger partial charge in [-0.3, -0.25) is 0 Å². The molecule has 0 aliphatic rings. The molecule has 0 bridgehead atoms. The van der Waals surface area contributed by atoms with Crippen LogP contribution in [-0.4, -0.2) is 0 Å². The van der Waals surface area contributed by atoms with Crippen LogP contribution in [0.15, 0.2) is 42.5 Å². The molecule has 0 spiro atoms. The van der Waals surface area contributed by atoms with Gasteiger partial charge in [0.1, 0.15) is 17.3 Å². The Balaban J connectivity index is 2.16. The predicted octanol–water partition coefficient (Wildman–Crippen LogP) is 5.31. The van der Waals surface area contributed by atoms with Crippen molar-refractivity contribution in [3.63, 3.8) is 0 Å². The molecule has 19 heavy (non-hydrogen) atoms. The Morgan fingerprint density at radius 2 is 1.84 bits per heavy atom. The predicted molar refractivity (Wildman–Crippen MR) is 76.5 cm³/mol. The third-order valence-electron chi connectivity index (χ3n) is 2.86. The molecule has 0 saturated carbocycles. The number of benzene rings is 2. The number of aryl methyl sites for hydroxylation is 1. The lowest BCUT2D eigenvalue weighted by Gasteiger charge is -2.10. The average Bonchev–Trinajstić information content (AvgIpc) is 2.43. The summed E-state index contributed by atoms with van der Waals surface area (Å²) in [6.45, 7) is 2.15. The summed E-state index contributed by atoms with van der Waals surface area (Å²) in [4.78, 5) is 0. The van der Waals surface area contributed by atoms with Crippen LogP contribution in [0.1, 0.15) is 24.5 Å². The maximum atomic E-state index is 13.1. The lowest BCUT2D eigenvalue weighted by atomic mass is 10.1. The smallest absolute Gasteiger partial charge is 0.132 e. The van der Waals surface area contributed by atoms with Crippen molar-refractivity contribution >= 4 is 11.6 Å². The third-order valence-corrected chi connectivity index (χ3v) is 3.14. The van der Waals surface area contributed by atoms with Crippen LogP contribution in [0.25, 0.3) is 0 Å². The van der Waals surface area contributed by atoms with Gasteiger partial charge in [0.2, 0.25) is 0 Å². The monoisotopic (exact) mass is 278 g/mol. The fourth-order valence-corrected chi connectivity index (χ4v) is 2.10. The lowest BCUT2D eigenvalue weighted by Crippen LogP contribution is -1.91. The summed E-state index contributed by atoms with van der Waals surface area (Å²) in [7, 11) is 0. The fourth-order valence-electron chi connectivity index (χ4n) is 1.89. The summed E-state index contributed by atoms with van der Waals surface area (Å²) < 4.78 is 18.8. The molecule has 100 valence electrons. The molecule has 2 rings (SSSR count). The van der Waals surface area contributed by atoms with Crippen LogP contribution >= 0.6 is 11.6 Å². The minimum Gasteiger partial charge on any atom is -0.457 e. The lowest BCUT2D eigenvalue weighted by molar-refractivity contribution is 0.475. The summed E-state index contributed by atoms with van der Waals surface area (Å²) in [6.07, 6.45) is 2.18. The Labute approximate surface area is 118 Å². The first kappa shape index (κ1) is 13.9. The van der Waals surface area contributed by atoms with E-state index in [0.29, 0.717) is 11.3 Å². The van der Waals surface area contributed by atoms with Crippen LogP contribution in [0.5, 0.6) is 11.5 Å². The molecule has 1 nitrogen and oxygen atoms in total. The summed E-state index contributed by atoms with van der Waals surface area (Å²) in [6, 6.07) is 12.3. The molecule has 0 aliphatic carbocycles. The second kappa shape index (κ2) is 6.58. The van der Waals surface area contributed by atoms with Crippen molar-refractivity contribution < 1.29 is 9.13 Å². The molecule has 0 radical (unpaired) electrons. The standard InChI is InChI=1S/C16H16ClFO/c1-2-3-12-4-7-15(8-5-12)19-16-9-6-14(18)10-13(16)11-17/h4-10H,2-3,11H2,1H3. The van der Waals surface area contributed by atoms with Crippen molar-refractivity contribution in [2.75, 3.05) is 0 Å². The number of hydrogen-bond donors (Lipinski definition) is 0. The second-order valence-electron chi connectivity index (χ2n) is 4.38. The quantitative estimate of drug-likeness (QED) is 0.674. The van der Waals surface area contributed by atoms with Crippen LogP contribution in [0.3, 0.4) is 0 Å². The largest absolute Gasteiger partial charge is 0.457 e. The number of halogens is 2. The second-order valence-corrected chi connectivity index (χ2v) is 4.65. The van der Waals surface area contributed by atoms with Gasteiger partial charge in [0.15, 0.2) is 0 Å². The molecule has 2 aromatic carbocycles. The molecule has 2 aromatic rings. The zero-order chi connectivity index (χ0) is 13.7. The van der Waals surface area contributed by atoms with E-state index >= 15 is 0 Å². The SMILES string of the molecule is CCCc1ccc(Oc2ccc(F)cc2CCl)cc1. The van der Waals surface area contributed by atoms with Crippen LogP contribution in [0.2, 0.25) is 0 Å². The molecule has 0 aromatic heterocycles. The highest BCUT2D eigenvalue weighted by Crippen LogP contribution is 2.27. The number of ether oxygens (including phenoxy) is 1. The maximum absolute atomic E-state index is 13.1. The van der Waals surface area contributed by atoms with Gasteiger partial charge >= 0.3 is 0 Å². The Hall–Kier alpha value is -1.54. The van der Waals surface area contributed by atoms with E-state index in [1.165, 1.54) is 17.7 Å². The van der Waals surface area contributed by atoms with Gasteiger partial charge in [0, 0.05) is 5.56 Å². The molecule has 0 aliphatic heterocycles. The molecule has 0 N–H and O–H groups in total. The summed E-state index contributed by atoms with van der Waals surface area (Å²) in [5, 5.41) is 0. The van der Waals surface area contributed by atoms with Gasteiger partial charge in [0.25, 0.3) is 0 Å². The topological polar surface area (TPSA) is 9.23 Å². The van der Waals surface area contributed by atoms with Crippen molar-refractivity contribution in [1.82, 2.24) is 0 Å². The maximum Gasteiger partial charge on any atom is 0.132 e. The van der Waals surface area contributed by atoms with E-state index in [1.807, 2.05) is 24.3 Å². The Morgan fingerprint density at radius 3 is 2.47 bits per heavy atom. The van der Waals surface area contributed by atoms with Crippen molar-refractivity contribution in [2.45, 2.75) is 25.6 Å². The molecule has 3 heteroatoms. The van der Waals surface area contributed by atoms with Crippen molar-refractivity contribution in [2.24, 2.45) is 0 Å². The van der Waals surface area contributed by atoms with Gasteiger partial charge in [-0.1, -0.05) is 25.5 Å². The van der Waals surface area contributed by atoms with E-state index in [2.05, 4.69) is 6.92 Å². The molecule has 0 fully saturated rings. The Bertz CT molecular complexity index is 537. The van der Waals surface area contributed by atoms with Crippen molar-refractivity contribution in [3.05, 3.63) is 59.4 Å². The highest BCUT2D eigenvalue weighted by atomic mass is 35.5. The van der Waals surface area contributed by atoms with Gasteiger partial charge in [0.05, 0.1) is 5.88 Å². The number of alkyl halides is 1. The molecule has 0 unspecified atom stereocenters. The van der Waals surface area contributed by atoms with Gasteiger partial charge in [-0.15, -0.1) is 11.6 Å². The molecular formula is C16H16ClFO. The van der Waals surface area contributed by atoms with Gasteiger partial charge < -0.3 is 4.74 Å². The van der Waals surface area contributed by atoms with Crippen LogP contribution in [0.4, 0.5) is 4.39 Å². The molecule has 0 saturated heterocycles.